The van der Waals surface area contributed by atoms with Crippen LogP contribution in [0.1, 0.15) is 22.3 Å². The fraction of sp³-hybridized carbons (Fsp3) is 0.462. The van der Waals surface area contributed by atoms with Crippen molar-refractivity contribution in [3.8, 4) is 0 Å². The summed E-state index contributed by atoms with van der Waals surface area (Å²) in [5.74, 6) is -0.702. The van der Waals surface area contributed by atoms with Crippen molar-refractivity contribution >= 4 is 5.91 Å². The summed E-state index contributed by atoms with van der Waals surface area (Å²) in [5.41, 5.74) is 1.04. The van der Waals surface area contributed by atoms with Gasteiger partial charge in [0.25, 0.3) is 5.91 Å². The van der Waals surface area contributed by atoms with Crippen molar-refractivity contribution in [1.82, 2.24) is 4.90 Å². The van der Waals surface area contributed by atoms with E-state index >= 15 is 0 Å². The van der Waals surface area contributed by atoms with E-state index in [1.165, 1.54) is 6.07 Å². The van der Waals surface area contributed by atoms with Crippen molar-refractivity contribution in [1.29, 1.82) is 0 Å². The van der Waals surface area contributed by atoms with Crippen LogP contribution in [0.4, 0.5) is 4.39 Å². The molecule has 1 aromatic rings. The van der Waals surface area contributed by atoms with Gasteiger partial charge in [0.15, 0.2) is 0 Å². The zero-order valence-corrected chi connectivity index (χ0v) is 10.1. The van der Waals surface area contributed by atoms with Crippen molar-refractivity contribution in [2.24, 2.45) is 0 Å². The van der Waals surface area contributed by atoms with Crippen LogP contribution in [0.5, 0.6) is 0 Å². The Labute approximate surface area is 100 Å². The minimum absolute atomic E-state index is 0.0758. The number of benzene rings is 1. The van der Waals surface area contributed by atoms with Crippen LogP contribution in [0.15, 0.2) is 18.2 Å². The molecule has 1 heterocycles. The third-order valence-corrected chi connectivity index (χ3v) is 3.12. The highest BCUT2D eigenvalue weighted by atomic mass is 19.1. The number of carbonyl (C=O) groups is 1. The number of ether oxygens (including phenoxy) is 1. The predicted octanol–water partition coefficient (Wildman–Crippen LogP) is 2.00. The van der Waals surface area contributed by atoms with Crippen LogP contribution in [-0.4, -0.2) is 37.1 Å². The maximum Gasteiger partial charge on any atom is 0.256 e. The number of hydrogen-bond acceptors (Lipinski definition) is 2. The molecule has 2 rings (SSSR count). The summed E-state index contributed by atoms with van der Waals surface area (Å²) < 4.78 is 18.8. The van der Waals surface area contributed by atoms with Crippen LogP contribution in [0.25, 0.3) is 0 Å². The number of aryl methyl sites for hydroxylation is 1. The van der Waals surface area contributed by atoms with Gasteiger partial charge in [-0.25, -0.2) is 4.39 Å². The van der Waals surface area contributed by atoms with E-state index in [-0.39, 0.29) is 17.6 Å². The van der Waals surface area contributed by atoms with Gasteiger partial charge >= 0.3 is 0 Å². The Morgan fingerprint density at radius 1 is 1.53 bits per heavy atom. The lowest BCUT2D eigenvalue weighted by molar-refractivity contribution is 0.0720. The first-order valence-electron chi connectivity index (χ1n) is 5.70. The molecule has 0 bridgehead atoms. The Hall–Kier alpha value is -1.42. The predicted molar refractivity (Wildman–Crippen MR) is 62.5 cm³/mol. The van der Waals surface area contributed by atoms with E-state index in [1.54, 1.807) is 24.1 Å². The lowest BCUT2D eigenvalue weighted by atomic mass is 10.1. The van der Waals surface area contributed by atoms with Crippen molar-refractivity contribution in [3.63, 3.8) is 0 Å². The first-order chi connectivity index (χ1) is 8.11. The largest absolute Gasteiger partial charge is 0.380 e. The molecule has 4 heteroatoms. The quantitative estimate of drug-likeness (QED) is 0.787. The maximum absolute atomic E-state index is 13.6. The lowest BCUT2D eigenvalue weighted by Crippen LogP contribution is -2.30. The summed E-state index contributed by atoms with van der Waals surface area (Å²) >= 11 is 0. The summed E-state index contributed by atoms with van der Waals surface area (Å²) in [7, 11) is 1.63. The molecule has 1 aromatic carbocycles. The number of hydrogen-bond donors (Lipinski definition) is 0. The highest BCUT2D eigenvalue weighted by Crippen LogP contribution is 2.18. The molecule has 0 N–H and O–H groups in total. The molecule has 0 aliphatic carbocycles. The highest BCUT2D eigenvalue weighted by Gasteiger charge is 2.28. The Morgan fingerprint density at radius 3 is 2.94 bits per heavy atom. The van der Waals surface area contributed by atoms with Crippen LogP contribution in [0.3, 0.4) is 0 Å². The molecule has 1 aliphatic heterocycles. The monoisotopic (exact) mass is 237 g/mol. The average molecular weight is 237 g/mol. The normalized spacial score (nSPS) is 19.7. The number of amides is 1. The first-order valence-corrected chi connectivity index (χ1v) is 5.70. The van der Waals surface area contributed by atoms with Gasteiger partial charge in [-0.15, -0.1) is 0 Å². The van der Waals surface area contributed by atoms with Gasteiger partial charge in [-0.3, -0.25) is 4.79 Å². The summed E-state index contributed by atoms with van der Waals surface area (Å²) in [6, 6.07) is 4.60. The lowest BCUT2D eigenvalue weighted by Gasteiger charge is -2.16. The summed E-state index contributed by atoms with van der Waals surface area (Å²) in [4.78, 5) is 13.8. The van der Waals surface area contributed by atoms with Gasteiger partial charge in [0, 0.05) is 20.2 Å². The molecule has 0 spiro atoms. The van der Waals surface area contributed by atoms with Gasteiger partial charge in [-0.1, -0.05) is 11.6 Å². The second-order valence-electron chi connectivity index (χ2n) is 4.38. The number of likely N-dealkylation sites (tertiary alicyclic amines) is 1. The van der Waals surface area contributed by atoms with Gasteiger partial charge in [0.2, 0.25) is 0 Å². The molecule has 1 aliphatic rings. The molecule has 1 amide bonds. The number of carbonyl (C=O) groups excluding carboxylic acids is 1. The molecule has 1 atom stereocenters. The summed E-state index contributed by atoms with van der Waals surface area (Å²) in [6.45, 7) is 3.02. The van der Waals surface area contributed by atoms with Gasteiger partial charge in [-0.05, 0) is 25.5 Å². The molecule has 0 saturated carbocycles. The zero-order chi connectivity index (χ0) is 12.4. The van der Waals surface area contributed by atoms with Gasteiger partial charge in [-0.2, -0.15) is 0 Å². The molecule has 1 unspecified atom stereocenters. The SMILES string of the molecule is COC1CCN(C(=O)c2cc(C)ccc2F)C1. The second kappa shape index (κ2) is 4.84. The third-order valence-electron chi connectivity index (χ3n) is 3.12. The first kappa shape index (κ1) is 12.0. The fourth-order valence-corrected chi connectivity index (χ4v) is 2.08. The van der Waals surface area contributed by atoms with Crippen molar-refractivity contribution < 1.29 is 13.9 Å². The Morgan fingerprint density at radius 2 is 2.29 bits per heavy atom. The molecule has 1 fully saturated rings. The smallest absolute Gasteiger partial charge is 0.256 e. The molecule has 1 saturated heterocycles. The van der Waals surface area contributed by atoms with Crippen molar-refractivity contribution in [3.05, 3.63) is 35.1 Å². The third kappa shape index (κ3) is 2.47. The molecule has 0 radical (unpaired) electrons. The van der Waals surface area contributed by atoms with Crippen LogP contribution < -0.4 is 0 Å². The molecular formula is C13H16FNO2. The number of rotatable bonds is 2. The molecule has 0 aromatic heterocycles. The van der Waals surface area contributed by atoms with Crippen LogP contribution >= 0.6 is 0 Å². The highest BCUT2D eigenvalue weighted by molar-refractivity contribution is 5.94. The van der Waals surface area contributed by atoms with E-state index in [1.807, 2.05) is 6.92 Å². The number of nitrogens with zero attached hydrogens (tertiary/aromatic N) is 1. The van der Waals surface area contributed by atoms with E-state index in [9.17, 15) is 9.18 Å². The molecule has 3 nitrogen and oxygen atoms in total. The number of methoxy groups -OCH3 is 1. The second-order valence-corrected chi connectivity index (χ2v) is 4.38. The van der Waals surface area contributed by atoms with Gasteiger partial charge in [0.1, 0.15) is 5.82 Å². The van der Waals surface area contributed by atoms with E-state index in [4.69, 9.17) is 4.74 Å². The summed E-state index contributed by atoms with van der Waals surface area (Å²) in [5, 5.41) is 0. The van der Waals surface area contributed by atoms with Crippen LogP contribution in [0, 0.1) is 12.7 Å². The van der Waals surface area contributed by atoms with Gasteiger partial charge in [0.05, 0.1) is 11.7 Å². The minimum atomic E-state index is -0.457. The standard InChI is InChI=1S/C13H16FNO2/c1-9-3-4-12(14)11(7-9)13(16)15-6-5-10(8-15)17-2/h3-4,7,10H,5-6,8H2,1-2H3. The molecular weight excluding hydrogens is 221 g/mol. The van der Waals surface area contributed by atoms with Crippen LogP contribution in [0.2, 0.25) is 0 Å². The average Bonchev–Trinajstić information content (AvgIpc) is 2.80. The molecule has 17 heavy (non-hydrogen) atoms. The van der Waals surface area contributed by atoms with Gasteiger partial charge < -0.3 is 9.64 Å². The zero-order valence-electron chi connectivity index (χ0n) is 10.1. The Bertz CT molecular complexity index is 433. The Balaban J connectivity index is 2.17. The van der Waals surface area contributed by atoms with E-state index < -0.39 is 5.82 Å². The summed E-state index contributed by atoms with van der Waals surface area (Å²) in [6.07, 6.45) is 0.891. The number of halogens is 1. The van der Waals surface area contributed by atoms with E-state index in [0.29, 0.717) is 13.1 Å². The molecule has 92 valence electrons. The topological polar surface area (TPSA) is 29.5 Å². The minimum Gasteiger partial charge on any atom is -0.380 e. The van der Waals surface area contributed by atoms with Crippen molar-refractivity contribution in [2.75, 3.05) is 20.2 Å². The Kier molecular flexibility index (Phi) is 3.43. The fourth-order valence-electron chi connectivity index (χ4n) is 2.08. The maximum atomic E-state index is 13.6. The van der Waals surface area contributed by atoms with E-state index in [2.05, 4.69) is 0 Å². The van der Waals surface area contributed by atoms with Crippen LogP contribution in [-0.2, 0) is 4.74 Å². The van der Waals surface area contributed by atoms with Crippen molar-refractivity contribution in [2.45, 2.75) is 19.4 Å². The van der Waals surface area contributed by atoms with E-state index in [0.717, 1.165) is 12.0 Å².